The minimum Gasteiger partial charge on any atom is -0.488 e. The fourth-order valence-electron chi connectivity index (χ4n) is 3.05. The molecule has 0 radical (unpaired) electrons. The molecule has 32 heavy (non-hydrogen) atoms. The Kier molecular flexibility index (Phi) is 7.36. The summed E-state index contributed by atoms with van der Waals surface area (Å²) in [6, 6.07) is 13.6. The molecular formula is C26H28O6. The van der Waals surface area contributed by atoms with Gasteiger partial charge in [-0.3, -0.25) is 0 Å². The van der Waals surface area contributed by atoms with Gasteiger partial charge in [0.15, 0.2) is 5.75 Å². The van der Waals surface area contributed by atoms with Crippen LogP contribution in [0.15, 0.2) is 69.9 Å². The van der Waals surface area contributed by atoms with Crippen molar-refractivity contribution in [3.63, 3.8) is 0 Å². The van der Waals surface area contributed by atoms with Crippen molar-refractivity contribution in [2.24, 2.45) is 0 Å². The molecule has 6 nitrogen and oxygen atoms in total. The molecule has 0 amide bonds. The maximum atomic E-state index is 12.8. The van der Waals surface area contributed by atoms with E-state index in [1.807, 2.05) is 39.8 Å². The Balaban J connectivity index is 2.11. The Bertz CT molecular complexity index is 1150. The number of benzene rings is 2. The Morgan fingerprint density at radius 2 is 1.75 bits per heavy atom. The van der Waals surface area contributed by atoms with Gasteiger partial charge in [0.1, 0.15) is 22.3 Å². The lowest BCUT2D eigenvalue weighted by molar-refractivity contribution is 0.0721. The number of carbonyl (C=O) groups is 1. The summed E-state index contributed by atoms with van der Waals surface area (Å²) in [5.41, 5.74) is -0.709. The second kappa shape index (κ2) is 10.2. The van der Waals surface area contributed by atoms with E-state index in [-0.39, 0.29) is 23.7 Å². The minimum absolute atomic E-state index is 0.130. The molecule has 0 saturated heterocycles. The van der Waals surface area contributed by atoms with Gasteiger partial charge in [0.05, 0.1) is 12.2 Å². The predicted octanol–water partition coefficient (Wildman–Crippen LogP) is 5.92. The summed E-state index contributed by atoms with van der Waals surface area (Å²) in [6.07, 6.45) is 5.58. The topological polar surface area (TPSA) is 75.0 Å². The fourth-order valence-corrected chi connectivity index (χ4v) is 3.05. The van der Waals surface area contributed by atoms with Gasteiger partial charge in [-0.15, -0.1) is 0 Å². The van der Waals surface area contributed by atoms with Gasteiger partial charge in [0, 0.05) is 0 Å². The number of ether oxygens (including phenoxy) is 3. The van der Waals surface area contributed by atoms with Crippen molar-refractivity contribution in [2.75, 3.05) is 6.61 Å². The lowest BCUT2D eigenvalue weighted by Crippen LogP contribution is -2.23. The van der Waals surface area contributed by atoms with Gasteiger partial charge >= 0.3 is 11.6 Å². The lowest BCUT2D eigenvalue weighted by atomic mass is 10.1. The third-order valence-corrected chi connectivity index (χ3v) is 4.36. The SMILES string of the molecule is CC/C=C/CCOc1c(OC(=O)c2ccccc2)c(=O)oc2cccc(OC(C)(C)C)c12. The zero-order valence-electron chi connectivity index (χ0n) is 18.8. The van der Waals surface area contributed by atoms with Gasteiger partial charge in [-0.2, -0.15) is 0 Å². The molecule has 2 aromatic carbocycles. The van der Waals surface area contributed by atoms with Crippen molar-refractivity contribution in [3.05, 3.63) is 76.7 Å². The average molecular weight is 437 g/mol. The van der Waals surface area contributed by atoms with Crippen LogP contribution in [0.1, 0.15) is 50.9 Å². The zero-order valence-corrected chi connectivity index (χ0v) is 18.8. The molecule has 0 aliphatic rings. The van der Waals surface area contributed by atoms with E-state index < -0.39 is 17.2 Å². The quantitative estimate of drug-likeness (QED) is 0.189. The van der Waals surface area contributed by atoms with Crippen molar-refractivity contribution in [2.45, 2.75) is 46.1 Å². The van der Waals surface area contributed by atoms with Crippen LogP contribution in [0, 0.1) is 0 Å². The van der Waals surface area contributed by atoms with E-state index in [9.17, 15) is 9.59 Å². The lowest BCUT2D eigenvalue weighted by Gasteiger charge is -2.23. The highest BCUT2D eigenvalue weighted by atomic mass is 16.6. The van der Waals surface area contributed by atoms with Crippen molar-refractivity contribution in [3.8, 4) is 17.2 Å². The van der Waals surface area contributed by atoms with Gasteiger partial charge in [-0.25, -0.2) is 9.59 Å². The van der Waals surface area contributed by atoms with Crippen LogP contribution in [0.25, 0.3) is 11.0 Å². The third kappa shape index (κ3) is 5.78. The first-order valence-electron chi connectivity index (χ1n) is 10.6. The number of allylic oxidation sites excluding steroid dienone is 1. The maximum absolute atomic E-state index is 12.8. The monoisotopic (exact) mass is 436 g/mol. The third-order valence-electron chi connectivity index (χ3n) is 4.36. The summed E-state index contributed by atoms with van der Waals surface area (Å²) in [7, 11) is 0. The summed E-state index contributed by atoms with van der Waals surface area (Å²) >= 11 is 0. The maximum Gasteiger partial charge on any atom is 0.383 e. The Hall–Kier alpha value is -3.54. The van der Waals surface area contributed by atoms with Crippen LogP contribution in [-0.2, 0) is 0 Å². The number of hydrogen-bond donors (Lipinski definition) is 0. The molecule has 0 aliphatic carbocycles. The number of hydrogen-bond acceptors (Lipinski definition) is 6. The highest BCUT2D eigenvalue weighted by molar-refractivity contribution is 5.95. The molecule has 1 aromatic heterocycles. The van der Waals surface area contributed by atoms with Crippen LogP contribution in [0.3, 0.4) is 0 Å². The number of carbonyl (C=O) groups excluding carboxylic acids is 1. The highest BCUT2D eigenvalue weighted by Crippen LogP contribution is 2.40. The van der Waals surface area contributed by atoms with Crippen molar-refractivity contribution in [1.82, 2.24) is 0 Å². The molecular weight excluding hydrogens is 408 g/mol. The zero-order chi connectivity index (χ0) is 23.1. The first-order valence-corrected chi connectivity index (χ1v) is 10.6. The molecule has 0 atom stereocenters. The van der Waals surface area contributed by atoms with E-state index in [1.165, 1.54) is 0 Å². The second-order valence-electron chi connectivity index (χ2n) is 8.16. The molecule has 0 spiro atoms. The molecule has 3 rings (SSSR count). The normalized spacial score (nSPS) is 11.6. The molecule has 0 aliphatic heterocycles. The molecule has 6 heteroatoms. The smallest absolute Gasteiger partial charge is 0.383 e. The molecule has 1 heterocycles. The van der Waals surface area contributed by atoms with E-state index >= 15 is 0 Å². The molecule has 0 saturated carbocycles. The minimum atomic E-state index is -0.797. The van der Waals surface area contributed by atoms with Crippen LogP contribution < -0.4 is 19.8 Å². The molecule has 0 fully saturated rings. The van der Waals surface area contributed by atoms with Gasteiger partial charge in [0.25, 0.3) is 5.75 Å². The Morgan fingerprint density at radius 1 is 1.00 bits per heavy atom. The van der Waals surface area contributed by atoms with Crippen LogP contribution >= 0.6 is 0 Å². The number of fused-ring (bicyclic) bond motifs is 1. The summed E-state index contributed by atoms with van der Waals surface area (Å²) < 4.78 is 23.0. The standard InChI is InChI=1S/C26H28O6/c1-5-6-7-11-17-29-22-21-19(15-12-16-20(21)32-26(2,3)4)30-25(28)23(22)31-24(27)18-13-9-8-10-14-18/h6-10,12-16H,5,11,17H2,1-4H3/b7-6+. The van der Waals surface area contributed by atoms with E-state index in [4.69, 9.17) is 18.6 Å². The molecule has 0 N–H and O–H groups in total. The van der Waals surface area contributed by atoms with Crippen LogP contribution in [0.5, 0.6) is 17.2 Å². The Labute approximate surface area is 187 Å². The fraction of sp³-hybridized carbons (Fsp3) is 0.308. The van der Waals surface area contributed by atoms with Crippen LogP contribution in [0.4, 0.5) is 0 Å². The average Bonchev–Trinajstić information content (AvgIpc) is 2.75. The van der Waals surface area contributed by atoms with E-state index in [0.29, 0.717) is 23.1 Å². The highest BCUT2D eigenvalue weighted by Gasteiger charge is 2.25. The number of esters is 1. The van der Waals surface area contributed by atoms with E-state index in [1.54, 1.807) is 48.5 Å². The van der Waals surface area contributed by atoms with Gasteiger partial charge in [-0.1, -0.05) is 43.3 Å². The molecule has 168 valence electrons. The Morgan fingerprint density at radius 3 is 2.44 bits per heavy atom. The summed E-state index contributed by atoms with van der Waals surface area (Å²) in [5.74, 6) is -0.377. The molecule has 0 unspecified atom stereocenters. The van der Waals surface area contributed by atoms with E-state index in [0.717, 1.165) is 6.42 Å². The van der Waals surface area contributed by atoms with Crippen molar-refractivity contribution in [1.29, 1.82) is 0 Å². The van der Waals surface area contributed by atoms with Crippen LogP contribution in [0.2, 0.25) is 0 Å². The summed E-state index contributed by atoms with van der Waals surface area (Å²) in [5, 5.41) is 0.442. The van der Waals surface area contributed by atoms with Gasteiger partial charge in [0.2, 0.25) is 0 Å². The van der Waals surface area contributed by atoms with E-state index in [2.05, 4.69) is 0 Å². The van der Waals surface area contributed by atoms with Crippen molar-refractivity contribution >= 4 is 16.9 Å². The first kappa shape index (κ1) is 23.1. The summed E-state index contributed by atoms with van der Waals surface area (Å²) in [4.78, 5) is 25.5. The van der Waals surface area contributed by atoms with Crippen molar-refractivity contribution < 1.29 is 23.4 Å². The predicted molar refractivity (Wildman–Crippen MR) is 124 cm³/mol. The molecule has 0 bridgehead atoms. The first-order chi connectivity index (χ1) is 15.3. The second-order valence-corrected chi connectivity index (χ2v) is 8.16. The van der Waals surface area contributed by atoms with Crippen LogP contribution in [-0.4, -0.2) is 18.2 Å². The largest absolute Gasteiger partial charge is 0.488 e. The molecule has 3 aromatic rings. The van der Waals surface area contributed by atoms with Gasteiger partial charge < -0.3 is 18.6 Å². The summed E-state index contributed by atoms with van der Waals surface area (Å²) in [6.45, 7) is 8.07. The number of rotatable bonds is 8. The van der Waals surface area contributed by atoms with Gasteiger partial charge in [-0.05, 0) is 57.9 Å².